The molecule has 0 saturated carbocycles. The molecule has 5 heteroatoms. The molecule has 5 rings (SSSR count). The zero-order chi connectivity index (χ0) is 26.2. The topological polar surface area (TPSA) is 70.2 Å². The molecule has 38 heavy (non-hydrogen) atoms. The van der Waals surface area contributed by atoms with Crippen LogP contribution in [0.25, 0.3) is 0 Å². The van der Waals surface area contributed by atoms with Crippen molar-refractivity contribution in [3.63, 3.8) is 0 Å². The molecule has 2 amide bonds. The predicted molar refractivity (Wildman–Crippen MR) is 154 cm³/mol. The van der Waals surface area contributed by atoms with E-state index in [1.54, 1.807) is 24.3 Å². The lowest BCUT2D eigenvalue weighted by molar-refractivity contribution is -0.116. The summed E-state index contributed by atoms with van der Waals surface area (Å²) in [5, 5.41) is 9.26. The van der Waals surface area contributed by atoms with Crippen molar-refractivity contribution in [1.82, 2.24) is 0 Å². The maximum Gasteiger partial charge on any atom is 0.257 e. The Morgan fingerprint density at radius 1 is 0.474 bits per heavy atom. The van der Waals surface area contributed by atoms with Gasteiger partial charge in [0.2, 0.25) is 5.91 Å². The number of rotatable bonds is 8. The highest BCUT2D eigenvalue weighted by atomic mass is 16.2. The van der Waals surface area contributed by atoms with Crippen molar-refractivity contribution in [3.05, 3.63) is 156 Å². The molecule has 0 spiro atoms. The lowest BCUT2D eigenvalue weighted by Gasteiger charge is -2.19. The Morgan fingerprint density at radius 2 is 0.947 bits per heavy atom. The third-order valence-corrected chi connectivity index (χ3v) is 6.16. The van der Waals surface area contributed by atoms with Crippen molar-refractivity contribution >= 4 is 34.6 Å². The smallest absolute Gasteiger partial charge is 0.257 e. The van der Waals surface area contributed by atoms with E-state index in [4.69, 9.17) is 0 Å². The van der Waals surface area contributed by atoms with Crippen molar-refractivity contribution in [3.8, 4) is 0 Å². The van der Waals surface area contributed by atoms with Gasteiger partial charge in [0.1, 0.15) is 0 Å². The summed E-state index contributed by atoms with van der Waals surface area (Å²) in [6, 6.07) is 43.7. The monoisotopic (exact) mass is 497 g/mol. The first kappa shape index (κ1) is 24.5. The molecule has 0 aromatic heterocycles. The van der Waals surface area contributed by atoms with Crippen molar-refractivity contribution < 1.29 is 9.59 Å². The molecule has 0 fully saturated rings. The third kappa shape index (κ3) is 5.97. The van der Waals surface area contributed by atoms with Crippen molar-refractivity contribution in [2.75, 3.05) is 16.0 Å². The van der Waals surface area contributed by atoms with Crippen LogP contribution in [0.2, 0.25) is 0 Å². The largest absolute Gasteiger partial charge is 0.356 e. The Hall–Kier alpha value is -5.16. The molecule has 5 aromatic rings. The summed E-state index contributed by atoms with van der Waals surface area (Å²) in [5.41, 5.74) is 5.14. The second-order valence-corrected chi connectivity index (χ2v) is 8.81. The van der Waals surface area contributed by atoms with E-state index < -0.39 is 5.92 Å². The van der Waals surface area contributed by atoms with Gasteiger partial charge in [-0.25, -0.2) is 0 Å². The van der Waals surface area contributed by atoms with Crippen LogP contribution in [0.1, 0.15) is 27.4 Å². The van der Waals surface area contributed by atoms with Gasteiger partial charge in [0, 0.05) is 17.1 Å². The SMILES string of the molecule is O=C(Nc1ccc(Nc2ccccc2)cc1)c1ccccc1NC(=O)C(c1ccccc1)c1ccccc1. The summed E-state index contributed by atoms with van der Waals surface area (Å²) in [5.74, 6) is -1.03. The number of anilines is 4. The van der Waals surface area contributed by atoms with Gasteiger partial charge in [0.25, 0.3) is 5.91 Å². The number of benzene rings is 5. The molecule has 0 unspecified atom stereocenters. The fourth-order valence-electron chi connectivity index (χ4n) is 4.30. The standard InChI is InChI=1S/C33H27N3O2/c37-32(35-28-22-20-27(21-23-28)34-26-16-8-3-9-17-26)29-18-10-11-19-30(29)36-33(38)31(24-12-4-1-5-13-24)25-14-6-2-7-15-25/h1-23,31,34H,(H,35,37)(H,36,38). The molecule has 3 N–H and O–H groups in total. The Labute approximate surface area is 222 Å². The van der Waals surface area contributed by atoms with E-state index >= 15 is 0 Å². The zero-order valence-corrected chi connectivity index (χ0v) is 20.7. The minimum absolute atomic E-state index is 0.209. The van der Waals surface area contributed by atoms with E-state index in [0.717, 1.165) is 22.5 Å². The Balaban J connectivity index is 1.32. The van der Waals surface area contributed by atoms with Crippen LogP contribution in [0.5, 0.6) is 0 Å². The fourth-order valence-corrected chi connectivity index (χ4v) is 4.30. The van der Waals surface area contributed by atoms with Crippen LogP contribution in [-0.2, 0) is 4.79 Å². The summed E-state index contributed by atoms with van der Waals surface area (Å²) in [6.45, 7) is 0. The molecule has 0 atom stereocenters. The van der Waals surface area contributed by atoms with Crippen molar-refractivity contribution in [1.29, 1.82) is 0 Å². The summed E-state index contributed by atoms with van der Waals surface area (Å²) >= 11 is 0. The number of hydrogen-bond donors (Lipinski definition) is 3. The van der Waals surface area contributed by atoms with Crippen LogP contribution < -0.4 is 16.0 Å². The highest BCUT2D eigenvalue weighted by molar-refractivity contribution is 6.11. The van der Waals surface area contributed by atoms with Gasteiger partial charge < -0.3 is 16.0 Å². The molecule has 0 aliphatic rings. The maximum atomic E-state index is 13.6. The van der Waals surface area contributed by atoms with Crippen molar-refractivity contribution in [2.45, 2.75) is 5.92 Å². The van der Waals surface area contributed by atoms with Gasteiger partial charge in [-0.2, -0.15) is 0 Å². The van der Waals surface area contributed by atoms with Gasteiger partial charge in [-0.15, -0.1) is 0 Å². The lowest BCUT2D eigenvalue weighted by Crippen LogP contribution is -2.24. The molecule has 0 aliphatic carbocycles. The number of carbonyl (C=O) groups excluding carboxylic acids is 2. The van der Waals surface area contributed by atoms with Crippen LogP contribution in [0.3, 0.4) is 0 Å². The quantitative estimate of drug-likeness (QED) is 0.208. The Kier molecular flexibility index (Phi) is 7.56. The van der Waals surface area contributed by atoms with Crippen molar-refractivity contribution in [2.24, 2.45) is 0 Å². The second-order valence-electron chi connectivity index (χ2n) is 8.81. The first-order valence-electron chi connectivity index (χ1n) is 12.4. The van der Waals surface area contributed by atoms with Gasteiger partial charge in [0.15, 0.2) is 0 Å². The van der Waals surface area contributed by atoms with Gasteiger partial charge >= 0.3 is 0 Å². The van der Waals surface area contributed by atoms with Crippen LogP contribution >= 0.6 is 0 Å². The first-order chi connectivity index (χ1) is 18.7. The fraction of sp³-hybridized carbons (Fsp3) is 0.0303. The summed E-state index contributed by atoms with van der Waals surface area (Å²) in [6.07, 6.45) is 0. The van der Waals surface area contributed by atoms with E-state index in [0.29, 0.717) is 16.9 Å². The van der Waals surface area contributed by atoms with Crippen LogP contribution in [0.15, 0.2) is 140 Å². The maximum absolute atomic E-state index is 13.6. The van der Waals surface area contributed by atoms with E-state index in [-0.39, 0.29) is 11.8 Å². The molecular weight excluding hydrogens is 470 g/mol. The molecule has 0 heterocycles. The summed E-state index contributed by atoms with van der Waals surface area (Å²) < 4.78 is 0. The zero-order valence-electron chi connectivity index (χ0n) is 20.7. The Bertz CT molecular complexity index is 1460. The highest BCUT2D eigenvalue weighted by Crippen LogP contribution is 2.28. The minimum atomic E-state index is -0.516. The van der Waals surface area contributed by atoms with E-state index in [1.807, 2.05) is 115 Å². The lowest BCUT2D eigenvalue weighted by atomic mass is 9.90. The van der Waals surface area contributed by atoms with Gasteiger partial charge in [-0.3, -0.25) is 9.59 Å². The van der Waals surface area contributed by atoms with Crippen LogP contribution in [0, 0.1) is 0 Å². The molecule has 5 nitrogen and oxygen atoms in total. The van der Waals surface area contributed by atoms with E-state index in [9.17, 15) is 9.59 Å². The molecular formula is C33H27N3O2. The first-order valence-corrected chi connectivity index (χ1v) is 12.4. The van der Waals surface area contributed by atoms with Gasteiger partial charge in [-0.05, 0) is 59.7 Å². The molecule has 186 valence electrons. The summed E-state index contributed by atoms with van der Waals surface area (Å²) in [7, 11) is 0. The number of nitrogens with one attached hydrogen (secondary N) is 3. The third-order valence-electron chi connectivity index (χ3n) is 6.16. The number of amides is 2. The minimum Gasteiger partial charge on any atom is -0.356 e. The second kappa shape index (κ2) is 11.7. The van der Waals surface area contributed by atoms with E-state index in [2.05, 4.69) is 16.0 Å². The number of para-hydroxylation sites is 2. The average molecular weight is 498 g/mol. The molecule has 0 radical (unpaired) electrons. The van der Waals surface area contributed by atoms with E-state index in [1.165, 1.54) is 0 Å². The predicted octanol–water partition coefficient (Wildman–Crippen LogP) is 7.45. The average Bonchev–Trinajstić information content (AvgIpc) is 2.96. The van der Waals surface area contributed by atoms with Crippen LogP contribution in [-0.4, -0.2) is 11.8 Å². The molecule has 0 aliphatic heterocycles. The number of carbonyl (C=O) groups is 2. The number of hydrogen-bond acceptors (Lipinski definition) is 3. The highest BCUT2D eigenvalue weighted by Gasteiger charge is 2.24. The van der Waals surface area contributed by atoms with Crippen LogP contribution in [0.4, 0.5) is 22.7 Å². The normalized spacial score (nSPS) is 10.6. The molecule has 0 bridgehead atoms. The summed E-state index contributed by atoms with van der Waals surface area (Å²) in [4.78, 5) is 26.8. The van der Waals surface area contributed by atoms with Gasteiger partial charge in [-0.1, -0.05) is 91.0 Å². The molecule has 0 saturated heterocycles. The van der Waals surface area contributed by atoms with Gasteiger partial charge in [0.05, 0.1) is 17.2 Å². The molecule has 5 aromatic carbocycles. The Morgan fingerprint density at radius 3 is 1.55 bits per heavy atom.